The lowest BCUT2D eigenvalue weighted by atomic mass is 9.99. The van der Waals surface area contributed by atoms with Gasteiger partial charge in [-0.2, -0.15) is 0 Å². The highest BCUT2D eigenvalue weighted by atomic mass is 16.5. The molecule has 0 fully saturated rings. The highest BCUT2D eigenvalue weighted by Gasteiger charge is 2.24. The monoisotopic (exact) mass is 276 g/mol. The first-order chi connectivity index (χ1) is 10.2. The molecular weight excluding hydrogens is 260 g/mol. The zero-order chi connectivity index (χ0) is 14.8. The molecule has 3 rings (SSSR count). The van der Waals surface area contributed by atoms with Crippen molar-refractivity contribution >= 4 is 23.7 Å². The Bertz CT molecular complexity index is 767. The van der Waals surface area contributed by atoms with Crippen LogP contribution in [0.25, 0.3) is 17.7 Å². The fourth-order valence-electron chi connectivity index (χ4n) is 2.61. The van der Waals surface area contributed by atoms with E-state index in [4.69, 9.17) is 4.74 Å². The summed E-state index contributed by atoms with van der Waals surface area (Å²) >= 11 is 0. The zero-order valence-electron chi connectivity index (χ0n) is 12.1. The molecule has 1 aliphatic carbocycles. The van der Waals surface area contributed by atoms with Crippen molar-refractivity contribution in [1.29, 1.82) is 0 Å². The van der Waals surface area contributed by atoms with Crippen molar-refractivity contribution in [2.75, 3.05) is 7.11 Å². The third kappa shape index (κ3) is 2.52. The molecule has 104 valence electrons. The van der Waals surface area contributed by atoms with Crippen LogP contribution in [0.5, 0.6) is 0 Å². The van der Waals surface area contributed by atoms with Crippen LogP contribution in [-0.2, 0) is 9.53 Å². The molecule has 0 saturated heterocycles. The Morgan fingerprint density at radius 3 is 2.67 bits per heavy atom. The molecule has 0 spiro atoms. The minimum atomic E-state index is -0.301. The van der Waals surface area contributed by atoms with Crippen LogP contribution in [0.4, 0.5) is 0 Å². The van der Waals surface area contributed by atoms with Gasteiger partial charge < -0.3 is 4.74 Å². The second kappa shape index (κ2) is 5.41. The summed E-state index contributed by atoms with van der Waals surface area (Å²) in [6.07, 6.45) is 3.93. The normalized spacial score (nSPS) is 14.8. The second-order valence-electron chi connectivity index (χ2n) is 5.11. The number of aryl methyl sites for hydroxylation is 1. The number of hydrogen-bond donors (Lipinski definition) is 0. The summed E-state index contributed by atoms with van der Waals surface area (Å²) in [6.45, 7) is 2.06. The Hall–Kier alpha value is -2.61. The van der Waals surface area contributed by atoms with Gasteiger partial charge in [0.25, 0.3) is 0 Å². The van der Waals surface area contributed by atoms with Gasteiger partial charge in [0.1, 0.15) is 0 Å². The molecule has 0 bridgehead atoms. The Balaban J connectivity index is 2.13. The predicted molar refractivity (Wildman–Crippen MR) is 85.5 cm³/mol. The molecular formula is C19H16O2. The van der Waals surface area contributed by atoms with Crippen molar-refractivity contribution in [2.24, 2.45) is 0 Å². The summed E-state index contributed by atoms with van der Waals surface area (Å²) in [5.74, 6) is -0.301. The molecule has 1 aliphatic rings. The number of benzene rings is 2. The largest absolute Gasteiger partial charge is 0.465 e. The predicted octanol–water partition coefficient (Wildman–Crippen LogP) is 4.11. The van der Waals surface area contributed by atoms with Crippen LogP contribution < -0.4 is 0 Å². The van der Waals surface area contributed by atoms with Gasteiger partial charge >= 0.3 is 5.97 Å². The Labute approximate surface area is 124 Å². The molecule has 0 aromatic heterocycles. The zero-order valence-corrected chi connectivity index (χ0v) is 12.1. The van der Waals surface area contributed by atoms with E-state index in [2.05, 4.69) is 19.1 Å². The topological polar surface area (TPSA) is 26.3 Å². The van der Waals surface area contributed by atoms with Crippen LogP contribution in [-0.4, -0.2) is 13.1 Å². The number of esters is 1. The fraction of sp³-hybridized carbons (Fsp3) is 0.105. The lowest BCUT2D eigenvalue weighted by Gasteiger charge is -2.06. The summed E-state index contributed by atoms with van der Waals surface area (Å²) < 4.78 is 4.91. The maximum Gasteiger partial charge on any atom is 0.338 e. The van der Waals surface area contributed by atoms with Gasteiger partial charge in [-0.05, 0) is 41.3 Å². The number of fused-ring (bicyclic) bond motifs is 1. The van der Waals surface area contributed by atoms with Crippen molar-refractivity contribution in [2.45, 2.75) is 6.92 Å². The number of carbonyl (C=O) groups is 1. The van der Waals surface area contributed by atoms with E-state index in [1.807, 2.05) is 48.6 Å². The van der Waals surface area contributed by atoms with Gasteiger partial charge in [0.2, 0.25) is 0 Å². The SMILES string of the molecule is COC(=O)C1=Cc2ccccc2/C1=C/c1cccc(C)c1. The van der Waals surface area contributed by atoms with Gasteiger partial charge in [-0.15, -0.1) is 0 Å². The van der Waals surface area contributed by atoms with Gasteiger partial charge in [-0.3, -0.25) is 0 Å². The maximum absolute atomic E-state index is 12.0. The standard InChI is InChI=1S/C19H16O2/c1-13-6-5-7-14(10-13)11-17-16-9-4-3-8-15(16)12-18(17)19(20)21-2/h3-12H,1-2H3/b17-11-. The first-order valence-corrected chi connectivity index (χ1v) is 6.87. The third-order valence-corrected chi connectivity index (χ3v) is 3.60. The fourth-order valence-corrected chi connectivity index (χ4v) is 2.61. The lowest BCUT2D eigenvalue weighted by Crippen LogP contribution is -2.03. The van der Waals surface area contributed by atoms with Crippen LogP contribution in [0, 0.1) is 6.92 Å². The van der Waals surface area contributed by atoms with Gasteiger partial charge in [-0.1, -0.05) is 54.1 Å². The average Bonchev–Trinajstić information content (AvgIpc) is 2.85. The Morgan fingerprint density at radius 2 is 1.90 bits per heavy atom. The lowest BCUT2D eigenvalue weighted by molar-refractivity contribution is -0.135. The number of methoxy groups -OCH3 is 1. The molecule has 0 aliphatic heterocycles. The van der Waals surface area contributed by atoms with Crippen molar-refractivity contribution in [1.82, 2.24) is 0 Å². The van der Waals surface area contributed by atoms with Crippen molar-refractivity contribution in [3.63, 3.8) is 0 Å². The first kappa shape index (κ1) is 13.4. The van der Waals surface area contributed by atoms with Crippen molar-refractivity contribution < 1.29 is 9.53 Å². The number of rotatable bonds is 2. The van der Waals surface area contributed by atoms with Crippen molar-refractivity contribution in [3.8, 4) is 0 Å². The van der Waals surface area contributed by atoms with Crippen LogP contribution in [0.2, 0.25) is 0 Å². The van der Waals surface area contributed by atoms with E-state index in [1.165, 1.54) is 12.7 Å². The van der Waals surface area contributed by atoms with Crippen LogP contribution in [0.15, 0.2) is 54.1 Å². The maximum atomic E-state index is 12.0. The van der Waals surface area contributed by atoms with E-state index in [0.717, 1.165) is 22.3 Å². The van der Waals surface area contributed by atoms with Crippen LogP contribution in [0.1, 0.15) is 22.3 Å². The molecule has 0 saturated carbocycles. The van der Waals surface area contributed by atoms with Crippen LogP contribution in [0.3, 0.4) is 0 Å². The third-order valence-electron chi connectivity index (χ3n) is 3.60. The first-order valence-electron chi connectivity index (χ1n) is 6.87. The molecule has 0 heterocycles. The van der Waals surface area contributed by atoms with Gasteiger partial charge in [0.15, 0.2) is 0 Å². The van der Waals surface area contributed by atoms with Gasteiger partial charge in [0, 0.05) is 0 Å². The molecule has 21 heavy (non-hydrogen) atoms. The number of hydrogen-bond acceptors (Lipinski definition) is 2. The minimum absolute atomic E-state index is 0.301. The Morgan fingerprint density at radius 1 is 1.10 bits per heavy atom. The molecule has 0 N–H and O–H groups in total. The summed E-state index contributed by atoms with van der Waals surface area (Å²) in [6, 6.07) is 16.2. The molecule has 0 unspecified atom stereocenters. The van der Waals surface area contributed by atoms with E-state index >= 15 is 0 Å². The molecule has 2 heteroatoms. The van der Waals surface area contributed by atoms with E-state index in [0.29, 0.717) is 5.57 Å². The summed E-state index contributed by atoms with van der Waals surface area (Å²) in [5, 5.41) is 0. The number of carbonyl (C=O) groups excluding carboxylic acids is 1. The second-order valence-corrected chi connectivity index (χ2v) is 5.11. The highest BCUT2D eigenvalue weighted by Crippen LogP contribution is 2.37. The summed E-state index contributed by atoms with van der Waals surface area (Å²) in [5.41, 5.74) is 5.93. The molecule has 0 atom stereocenters. The quantitative estimate of drug-likeness (QED) is 0.772. The van der Waals surface area contributed by atoms with E-state index in [-0.39, 0.29) is 5.97 Å². The average molecular weight is 276 g/mol. The Kier molecular flexibility index (Phi) is 3.44. The molecule has 0 amide bonds. The minimum Gasteiger partial charge on any atom is -0.465 e. The summed E-state index contributed by atoms with van der Waals surface area (Å²) in [4.78, 5) is 12.0. The number of ether oxygens (including phenoxy) is 1. The molecule has 2 nitrogen and oxygen atoms in total. The van der Waals surface area contributed by atoms with Gasteiger partial charge in [-0.25, -0.2) is 4.79 Å². The summed E-state index contributed by atoms with van der Waals surface area (Å²) in [7, 11) is 1.41. The van der Waals surface area contributed by atoms with E-state index < -0.39 is 0 Å². The molecule has 2 aromatic rings. The smallest absolute Gasteiger partial charge is 0.338 e. The molecule has 0 radical (unpaired) electrons. The highest BCUT2D eigenvalue weighted by molar-refractivity contribution is 6.18. The van der Waals surface area contributed by atoms with Crippen molar-refractivity contribution in [3.05, 3.63) is 76.4 Å². The van der Waals surface area contributed by atoms with E-state index in [9.17, 15) is 4.79 Å². The molecule has 2 aromatic carbocycles. The van der Waals surface area contributed by atoms with Crippen LogP contribution >= 0.6 is 0 Å². The van der Waals surface area contributed by atoms with E-state index in [1.54, 1.807) is 0 Å². The van der Waals surface area contributed by atoms with Gasteiger partial charge in [0.05, 0.1) is 12.7 Å².